The van der Waals surface area contributed by atoms with E-state index in [2.05, 4.69) is 10.4 Å². The molecule has 0 saturated carbocycles. The van der Waals surface area contributed by atoms with Gasteiger partial charge in [0.15, 0.2) is 0 Å². The Kier molecular flexibility index (Phi) is 5.48. The molecule has 2 atom stereocenters. The average Bonchev–Trinajstić information content (AvgIpc) is 3.26. The zero-order valence-electron chi connectivity index (χ0n) is 13.9. The summed E-state index contributed by atoms with van der Waals surface area (Å²) in [6.45, 7) is 3.85. The Balaban J connectivity index is 1.59. The molecule has 0 bridgehead atoms. The number of ether oxygens (including phenoxy) is 2. The molecule has 3 rings (SSSR count). The van der Waals surface area contributed by atoms with Crippen molar-refractivity contribution in [3.8, 4) is 5.75 Å². The van der Waals surface area contributed by atoms with Crippen molar-refractivity contribution >= 4 is 5.91 Å². The zero-order chi connectivity index (χ0) is 16.8. The second-order valence-corrected chi connectivity index (χ2v) is 6.04. The van der Waals surface area contributed by atoms with Crippen LogP contribution in [0.15, 0.2) is 42.7 Å². The molecule has 0 spiro atoms. The second kappa shape index (κ2) is 7.97. The van der Waals surface area contributed by atoms with E-state index in [-0.39, 0.29) is 18.1 Å². The molecule has 2 heterocycles. The third-order valence-electron chi connectivity index (χ3n) is 3.98. The van der Waals surface area contributed by atoms with E-state index in [0.717, 1.165) is 19.4 Å². The average molecular weight is 329 g/mol. The lowest BCUT2D eigenvalue weighted by molar-refractivity contribution is 0.0670. The molecule has 0 unspecified atom stereocenters. The summed E-state index contributed by atoms with van der Waals surface area (Å²) in [5.41, 5.74) is 0.544. The van der Waals surface area contributed by atoms with Crippen LogP contribution in [0, 0.1) is 0 Å². The second-order valence-electron chi connectivity index (χ2n) is 6.04. The molecule has 1 saturated heterocycles. The molecule has 1 aromatic heterocycles. The minimum atomic E-state index is -0.141. The van der Waals surface area contributed by atoms with Crippen molar-refractivity contribution in [3.63, 3.8) is 0 Å². The first-order valence-corrected chi connectivity index (χ1v) is 8.34. The van der Waals surface area contributed by atoms with E-state index in [1.54, 1.807) is 16.9 Å². The van der Waals surface area contributed by atoms with E-state index in [9.17, 15) is 4.79 Å². The molecule has 0 radical (unpaired) electrons. The number of nitrogens with zero attached hydrogens (tertiary/aromatic N) is 2. The maximum Gasteiger partial charge on any atom is 0.255 e. The highest BCUT2D eigenvalue weighted by Gasteiger charge is 2.19. The van der Waals surface area contributed by atoms with Gasteiger partial charge in [-0.2, -0.15) is 5.10 Å². The van der Waals surface area contributed by atoms with Crippen molar-refractivity contribution in [1.82, 2.24) is 15.1 Å². The van der Waals surface area contributed by atoms with Crippen LogP contribution in [-0.4, -0.2) is 41.0 Å². The summed E-state index contributed by atoms with van der Waals surface area (Å²) < 4.78 is 13.2. The Morgan fingerprint density at radius 2 is 2.33 bits per heavy atom. The molecule has 24 heavy (non-hydrogen) atoms. The van der Waals surface area contributed by atoms with Crippen LogP contribution < -0.4 is 10.1 Å². The number of carbonyl (C=O) groups excluding carboxylic acids is 1. The van der Waals surface area contributed by atoms with E-state index < -0.39 is 0 Å². The van der Waals surface area contributed by atoms with Gasteiger partial charge in [0.2, 0.25) is 0 Å². The highest BCUT2D eigenvalue weighted by molar-refractivity contribution is 5.97. The first-order valence-electron chi connectivity index (χ1n) is 8.34. The molecule has 1 amide bonds. The van der Waals surface area contributed by atoms with Gasteiger partial charge in [0.25, 0.3) is 5.91 Å². The van der Waals surface area contributed by atoms with Crippen LogP contribution in [0.25, 0.3) is 0 Å². The molecule has 128 valence electrons. The van der Waals surface area contributed by atoms with Crippen LogP contribution in [0.2, 0.25) is 0 Å². The summed E-state index contributed by atoms with van der Waals surface area (Å²) in [6.07, 6.45) is 5.81. The molecule has 1 aliphatic rings. The number of benzene rings is 1. The van der Waals surface area contributed by atoms with Crippen LogP contribution in [0.5, 0.6) is 5.75 Å². The van der Waals surface area contributed by atoms with Crippen LogP contribution in [0.4, 0.5) is 0 Å². The van der Waals surface area contributed by atoms with Crippen LogP contribution >= 0.6 is 0 Å². The van der Waals surface area contributed by atoms with Crippen LogP contribution in [-0.2, 0) is 11.3 Å². The number of nitrogens with one attached hydrogen (secondary N) is 1. The minimum absolute atomic E-state index is 0.0383. The molecule has 1 fully saturated rings. The number of para-hydroxylation sites is 1. The molecule has 1 aliphatic heterocycles. The number of aromatic nitrogens is 2. The summed E-state index contributed by atoms with van der Waals surface area (Å²) in [5, 5.41) is 7.15. The minimum Gasteiger partial charge on any atom is -0.490 e. The maximum absolute atomic E-state index is 12.5. The molecule has 6 heteroatoms. The SMILES string of the molecule is C[C@H](Cn1cccn1)NC(=O)c1ccccc1OC[C@H]1CCCO1. The van der Waals surface area contributed by atoms with Crippen molar-refractivity contribution in [2.75, 3.05) is 13.2 Å². The number of amides is 1. The Morgan fingerprint density at radius 3 is 3.08 bits per heavy atom. The van der Waals surface area contributed by atoms with Gasteiger partial charge in [0.05, 0.1) is 18.2 Å². The maximum atomic E-state index is 12.5. The zero-order valence-corrected chi connectivity index (χ0v) is 13.9. The monoisotopic (exact) mass is 329 g/mol. The lowest BCUT2D eigenvalue weighted by Crippen LogP contribution is -2.36. The fraction of sp³-hybridized carbons (Fsp3) is 0.444. The van der Waals surface area contributed by atoms with E-state index in [1.165, 1.54) is 0 Å². The molecule has 2 aromatic rings. The first kappa shape index (κ1) is 16.5. The fourth-order valence-electron chi connectivity index (χ4n) is 2.77. The highest BCUT2D eigenvalue weighted by Crippen LogP contribution is 2.20. The van der Waals surface area contributed by atoms with Gasteiger partial charge in [-0.25, -0.2) is 0 Å². The molecule has 1 aromatic carbocycles. The van der Waals surface area contributed by atoms with Gasteiger partial charge in [0.1, 0.15) is 12.4 Å². The topological polar surface area (TPSA) is 65.4 Å². The predicted octanol–water partition coefficient (Wildman–Crippen LogP) is 2.26. The quantitative estimate of drug-likeness (QED) is 0.846. The molecule has 0 aliphatic carbocycles. The van der Waals surface area contributed by atoms with Crippen molar-refractivity contribution in [2.24, 2.45) is 0 Å². The smallest absolute Gasteiger partial charge is 0.255 e. The van der Waals surface area contributed by atoms with Crippen molar-refractivity contribution in [3.05, 3.63) is 48.3 Å². The third-order valence-corrected chi connectivity index (χ3v) is 3.98. The molecular formula is C18H23N3O3. The highest BCUT2D eigenvalue weighted by atomic mass is 16.5. The first-order chi connectivity index (χ1) is 11.7. The molecular weight excluding hydrogens is 306 g/mol. The van der Waals surface area contributed by atoms with Gasteiger partial charge in [-0.1, -0.05) is 12.1 Å². The van der Waals surface area contributed by atoms with Gasteiger partial charge in [-0.15, -0.1) is 0 Å². The van der Waals surface area contributed by atoms with E-state index in [4.69, 9.17) is 9.47 Å². The predicted molar refractivity (Wildman–Crippen MR) is 90.1 cm³/mol. The van der Waals surface area contributed by atoms with Gasteiger partial charge < -0.3 is 14.8 Å². The fourth-order valence-corrected chi connectivity index (χ4v) is 2.77. The van der Waals surface area contributed by atoms with Crippen molar-refractivity contribution in [1.29, 1.82) is 0 Å². The van der Waals surface area contributed by atoms with E-state index in [0.29, 0.717) is 24.5 Å². The van der Waals surface area contributed by atoms with Gasteiger partial charge in [-0.05, 0) is 38.0 Å². The standard InChI is InChI=1S/C18H23N3O3/c1-14(12-21-10-5-9-19-21)20-18(22)16-7-2-3-8-17(16)24-13-15-6-4-11-23-15/h2-3,5,7-10,14-15H,4,6,11-13H2,1H3,(H,20,22)/t14-,15-/m1/s1. The van der Waals surface area contributed by atoms with Crippen molar-refractivity contribution < 1.29 is 14.3 Å². The number of rotatable bonds is 7. The summed E-state index contributed by atoms with van der Waals surface area (Å²) >= 11 is 0. The van der Waals surface area contributed by atoms with Crippen LogP contribution in [0.1, 0.15) is 30.1 Å². The Hall–Kier alpha value is -2.34. The summed E-state index contributed by atoms with van der Waals surface area (Å²) in [6, 6.07) is 9.13. The van der Waals surface area contributed by atoms with E-state index in [1.807, 2.05) is 37.4 Å². The third kappa shape index (κ3) is 4.35. The van der Waals surface area contributed by atoms with Crippen LogP contribution in [0.3, 0.4) is 0 Å². The Bertz CT molecular complexity index is 651. The van der Waals surface area contributed by atoms with Gasteiger partial charge in [0, 0.05) is 25.0 Å². The molecule has 1 N–H and O–H groups in total. The summed E-state index contributed by atoms with van der Waals surface area (Å²) in [5.74, 6) is 0.453. The lowest BCUT2D eigenvalue weighted by Gasteiger charge is -2.17. The summed E-state index contributed by atoms with van der Waals surface area (Å²) in [7, 11) is 0. The Labute approximate surface area is 141 Å². The molecule has 6 nitrogen and oxygen atoms in total. The number of carbonyl (C=O) groups is 1. The number of hydrogen-bond donors (Lipinski definition) is 1. The summed E-state index contributed by atoms with van der Waals surface area (Å²) in [4.78, 5) is 12.5. The largest absolute Gasteiger partial charge is 0.490 e. The van der Waals surface area contributed by atoms with Gasteiger partial charge >= 0.3 is 0 Å². The Morgan fingerprint density at radius 1 is 1.46 bits per heavy atom. The number of hydrogen-bond acceptors (Lipinski definition) is 4. The van der Waals surface area contributed by atoms with Crippen molar-refractivity contribution in [2.45, 2.75) is 38.5 Å². The van der Waals surface area contributed by atoms with Gasteiger partial charge in [-0.3, -0.25) is 9.48 Å². The normalized spacial score (nSPS) is 18.3. The van der Waals surface area contributed by atoms with E-state index >= 15 is 0 Å². The lowest BCUT2D eigenvalue weighted by atomic mass is 10.1.